The van der Waals surface area contributed by atoms with E-state index in [4.69, 9.17) is 0 Å². The lowest BCUT2D eigenvalue weighted by atomic mass is 9.96. The molecule has 1 unspecified atom stereocenters. The van der Waals surface area contributed by atoms with Gasteiger partial charge in [-0.05, 0) is 31.7 Å². The number of piperazine rings is 1. The summed E-state index contributed by atoms with van der Waals surface area (Å²) in [6.07, 6.45) is 0. The Morgan fingerprint density at radius 1 is 1.33 bits per heavy atom. The van der Waals surface area contributed by atoms with Crippen LogP contribution in [0.15, 0.2) is 24.3 Å². The van der Waals surface area contributed by atoms with Gasteiger partial charge in [0.15, 0.2) is 11.5 Å². The molecule has 4 N–H and O–H groups in total. The second kappa shape index (κ2) is 7.45. The Morgan fingerprint density at radius 2 is 2.04 bits per heavy atom. The van der Waals surface area contributed by atoms with Crippen molar-refractivity contribution in [2.75, 3.05) is 26.7 Å². The number of likely N-dealkylation sites (N-methyl/N-ethyl adjacent to an activating group) is 1. The second-order valence-electron chi connectivity index (χ2n) is 6.75. The zero-order valence-corrected chi connectivity index (χ0v) is 15.2. The van der Waals surface area contributed by atoms with E-state index in [0.29, 0.717) is 12.1 Å². The number of carbonyl (C=O) groups excluding carboxylic acids is 1. The Labute approximate surface area is 156 Å². The maximum atomic E-state index is 13.0. The summed E-state index contributed by atoms with van der Waals surface area (Å²) in [6.45, 7) is 4.10. The average Bonchev–Trinajstić information content (AvgIpc) is 2.65. The highest BCUT2D eigenvalue weighted by Gasteiger charge is 2.38. The van der Waals surface area contributed by atoms with Crippen molar-refractivity contribution in [2.45, 2.75) is 19.0 Å². The van der Waals surface area contributed by atoms with E-state index in [1.807, 2.05) is 18.9 Å². The number of carbonyl (C=O) groups is 1. The summed E-state index contributed by atoms with van der Waals surface area (Å²) in [4.78, 5) is 22.7. The first-order chi connectivity index (χ1) is 12.8. The van der Waals surface area contributed by atoms with Crippen LogP contribution in [-0.2, 0) is 12.1 Å². The minimum atomic E-state index is -0.676. The molecule has 0 bridgehead atoms. The molecule has 1 aliphatic heterocycles. The van der Waals surface area contributed by atoms with Crippen molar-refractivity contribution in [2.24, 2.45) is 0 Å². The van der Waals surface area contributed by atoms with Gasteiger partial charge < -0.3 is 20.8 Å². The highest BCUT2D eigenvalue weighted by atomic mass is 19.1. The first-order valence-corrected chi connectivity index (χ1v) is 8.56. The molecule has 1 fully saturated rings. The number of aromatic nitrogens is 2. The summed E-state index contributed by atoms with van der Waals surface area (Å²) in [5.41, 5.74) is -0.263. The molecule has 1 aromatic carbocycles. The monoisotopic (exact) mass is 375 g/mol. The molecule has 1 amide bonds. The molecule has 0 saturated carbocycles. The molecule has 1 saturated heterocycles. The van der Waals surface area contributed by atoms with Crippen LogP contribution >= 0.6 is 0 Å². The predicted molar refractivity (Wildman–Crippen MR) is 95.8 cm³/mol. The van der Waals surface area contributed by atoms with Crippen LogP contribution in [0.3, 0.4) is 0 Å². The molecular formula is C18H22FN5O3. The van der Waals surface area contributed by atoms with Gasteiger partial charge in [-0.2, -0.15) is 4.98 Å². The van der Waals surface area contributed by atoms with Crippen LogP contribution < -0.4 is 10.6 Å². The van der Waals surface area contributed by atoms with Gasteiger partial charge in [-0.1, -0.05) is 12.1 Å². The lowest BCUT2D eigenvalue weighted by molar-refractivity contribution is 0.0898. The Kier molecular flexibility index (Phi) is 5.24. The molecule has 9 heteroatoms. The number of hydrogen-bond acceptors (Lipinski definition) is 7. The summed E-state index contributed by atoms with van der Waals surface area (Å²) in [5, 5.41) is 25.9. The number of aromatic hydroxyl groups is 2. The van der Waals surface area contributed by atoms with Crippen molar-refractivity contribution in [3.63, 3.8) is 0 Å². The summed E-state index contributed by atoms with van der Waals surface area (Å²) >= 11 is 0. The maximum absolute atomic E-state index is 13.0. The van der Waals surface area contributed by atoms with Crippen LogP contribution in [0.25, 0.3) is 0 Å². The average molecular weight is 375 g/mol. The number of hydrogen-bond donors (Lipinski definition) is 4. The number of nitrogens with zero attached hydrogens (tertiary/aromatic N) is 3. The fourth-order valence-corrected chi connectivity index (χ4v) is 2.92. The Hall–Kier alpha value is -2.78. The van der Waals surface area contributed by atoms with Crippen LogP contribution in [0.2, 0.25) is 0 Å². The molecular weight excluding hydrogens is 353 g/mol. The molecule has 27 heavy (non-hydrogen) atoms. The topological polar surface area (TPSA) is 111 Å². The van der Waals surface area contributed by atoms with E-state index in [0.717, 1.165) is 13.1 Å². The normalized spacial score (nSPS) is 20.4. The van der Waals surface area contributed by atoms with Gasteiger partial charge >= 0.3 is 0 Å². The summed E-state index contributed by atoms with van der Waals surface area (Å²) in [5.74, 6) is -2.12. The molecule has 1 aliphatic rings. The van der Waals surface area contributed by atoms with Gasteiger partial charge in [0.1, 0.15) is 5.82 Å². The number of nitrogens with one attached hydrogen (secondary N) is 2. The summed E-state index contributed by atoms with van der Waals surface area (Å²) in [7, 11) is 1.91. The number of benzene rings is 1. The molecule has 0 spiro atoms. The van der Waals surface area contributed by atoms with E-state index in [1.54, 1.807) is 12.1 Å². The van der Waals surface area contributed by atoms with E-state index in [9.17, 15) is 19.4 Å². The lowest BCUT2D eigenvalue weighted by Crippen LogP contribution is -2.56. The third kappa shape index (κ3) is 3.83. The quantitative estimate of drug-likeness (QED) is 0.623. The third-order valence-corrected chi connectivity index (χ3v) is 4.86. The van der Waals surface area contributed by atoms with Gasteiger partial charge in [0, 0.05) is 26.2 Å². The molecule has 3 rings (SSSR count). The number of rotatable bonds is 4. The van der Waals surface area contributed by atoms with E-state index in [-0.39, 0.29) is 23.9 Å². The van der Waals surface area contributed by atoms with E-state index < -0.39 is 23.1 Å². The summed E-state index contributed by atoms with van der Waals surface area (Å²) < 4.78 is 13.0. The van der Waals surface area contributed by atoms with Gasteiger partial charge in [-0.3, -0.25) is 9.69 Å². The minimum Gasteiger partial charge on any atom is -0.501 e. The van der Waals surface area contributed by atoms with Crippen LogP contribution in [0.1, 0.15) is 28.8 Å². The zero-order chi connectivity index (χ0) is 19.6. The zero-order valence-electron chi connectivity index (χ0n) is 15.2. The Morgan fingerprint density at radius 3 is 2.70 bits per heavy atom. The van der Waals surface area contributed by atoms with Gasteiger partial charge in [-0.25, -0.2) is 9.37 Å². The first-order valence-electron chi connectivity index (χ1n) is 8.56. The number of amides is 1. The van der Waals surface area contributed by atoms with Crippen molar-refractivity contribution in [1.82, 2.24) is 25.5 Å². The van der Waals surface area contributed by atoms with Crippen molar-refractivity contribution < 1.29 is 19.4 Å². The molecule has 2 aromatic rings. The standard InChI is InChI=1S/C18H22FN5O3/c1-18(10-20-7-8-24(18)2)17-22-13(14(25)16(27)23-17)15(26)21-9-11-3-5-12(19)6-4-11/h3-6,20,25H,7-10H2,1-2H3,(H,21,26)(H,22,23,27). The van der Waals surface area contributed by atoms with Crippen LogP contribution in [0.5, 0.6) is 11.6 Å². The summed E-state index contributed by atoms with van der Waals surface area (Å²) in [6, 6.07) is 5.67. The molecule has 1 atom stereocenters. The second-order valence-corrected chi connectivity index (χ2v) is 6.75. The number of halogens is 1. The largest absolute Gasteiger partial charge is 0.501 e. The molecule has 144 valence electrons. The Bertz CT molecular complexity index is 846. The van der Waals surface area contributed by atoms with E-state index in [2.05, 4.69) is 20.6 Å². The van der Waals surface area contributed by atoms with Gasteiger partial charge in [-0.15, -0.1) is 0 Å². The third-order valence-electron chi connectivity index (χ3n) is 4.86. The fourth-order valence-electron chi connectivity index (χ4n) is 2.92. The van der Waals surface area contributed by atoms with E-state index >= 15 is 0 Å². The molecule has 8 nitrogen and oxygen atoms in total. The van der Waals surface area contributed by atoms with Crippen LogP contribution in [0.4, 0.5) is 4.39 Å². The minimum absolute atomic E-state index is 0.122. The predicted octanol–water partition coefficient (Wildman–Crippen LogP) is 0.707. The van der Waals surface area contributed by atoms with Crippen molar-refractivity contribution in [3.05, 3.63) is 47.2 Å². The van der Waals surface area contributed by atoms with Gasteiger partial charge in [0.25, 0.3) is 11.8 Å². The van der Waals surface area contributed by atoms with Crippen molar-refractivity contribution in [3.8, 4) is 11.6 Å². The van der Waals surface area contributed by atoms with Crippen LogP contribution in [0, 0.1) is 5.82 Å². The molecule has 2 heterocycles. The lowest BCUT2D eigenvalue weighted by Gasteiger charge is -2.41. The molecule has 0 radical (unpaired) electrons. The molecule has 0 aliphatic carbocycles. The highest BCUT2D eigenvalue weighted by molar-refractivity contribution is 5.95. The first kappa shape index (κ1) is 19.0. The van der Waals surface area contributed by atoms with Crippen molar-refractivity contribution in [1.29, 1.82) is 0 Å². The van der Waals surface area contributed by atoms with Gasteiger partial charge in [0.05, 0.1) is 5.54 Å². The molecule has 1 aromatic heterocycles. The fraction of sp³-hybridized carbons (Fsp3) is 0.389. The maximum Gasteiger partial charge on any atom is 0.274 e. The smallest absolute Gasteiger partial charge is 0.274 e. The van der Waals surface area contributed by atoms with Crippen LogP contribution in [-0.4, -0.2) is 57.7 Å². The van der Waals surface area contributed by atoms with E-state index in [1.165, 1.54) is 12.1 Å². The SMILES string of the molecule is CN1CCNCC1(C)c1nc(O)c(O)c(C(=O)NCc2ccc(F)cc2)n1. The highest BCUT2D eigenvalue weighted by Crippen LogP contribution is 2.32. The van der Waals surface area contributed by atoms with Crippen molar-refractivity contribution >= 4 is 5.91 Å². The van der Waals surface area contributed by atoms with Gasteiger partial charge in [0.2, 0.25) is 5.75 Å². The Balaban J connectivity index is 1.85.